The zero-order chi connectivity index (χ0) is 9.26. The van der Waals surface area contributed by atoms with Crippen LogP contribution in [0, 0.1) is 5.92 Å². The lowest BCUT2D eigenvalue weighted by Crippen LogP contribution is -2.01. The molecule has 1 nitrogen and oxygen atoms in total. The fourth-order valence-corrected chi connectivity index (χ4v) is 2.64. The monoisotopic (exact) mass is 194 g/mol. The number of rotatable bonds is 3. The van der Waals surface area contributed by atoms with Crippen LogP contribution in [-0.4, -0.2) is 17.6 Å². The lowest BCUT2D eigenvalue weighted by atomic mass is 10.3. The van der Waals surface area contributed by atoms with Gasteiger partial charge in [-0.15, -0.1) is 0 Å². The van der Waals surface area contributed by atoms with E-state index in [-0.39, 0.29) is 0 Å². The van der Waals surface area contributed by atoms with E-state index in [2.05, 4.69) is 13.2 Å². The van der Waals surface area contributed by atoms with Crippen molar-refractivity contribution in [3.05, 3.63) is 30.3 Å². The van der Waals surface area contributed by atoms with Crippen molar-refractivity contribution < 1.29 is 4.74 Å². The Hall–Kier alpha value is -0.630. The van der Waals surface area contributed by atoms with Crippen LogP contribution in [0.15, 0.2) is 30.3 Å². The Morgan fingerprint density at radius 2 is 1.92 bits per heavy atom. The zero-order valence-corrected chi connectivity index (χ0v) is 8.75. The highest BCUT2D eigenvalue weighted by molar-refractivity contribution is 7.99. The Morgan fingerprint density at radius 1 is 1.23 bits per heavy atom. The summed E-state index contributed by atoms with van der Waals surface area (Å²) >= 11 is 1.90. The molecule has 2 heteroatoms. The standard InChI is InChI=1S/C11H14OS/c1-8-10(11(8)13-2)12-9-6-4-3-5-7-9/h3-8,10-11H,1-2H3. The van der Waals surface area contributed by atoms with Crippen molar-refractivity contribution in [2.45, 2.75) is 18.3 Å². The molecule has 1 saturated carbocycles. The van der Waals surface area contributed by atoms with Gasteiger partial charge in [-0.05, 0) is 18.4 Å². The van der Waals surface area contributed by atoms with Crippen LogP contribution in [0.1, 0.15) is 6.92 Å². The van der Waals surface area contributed by atoms with E-state index in [1.165, 1.54) is 0 Å². The van der Waals surface area contributed by atoms with Crippen molar-refractivity contribution in [2.24, 2.45) is 5.92 Å². The van der Waals surface area contributed by atoms with Gasteiger partial charge in [-0.25, -0.2) is 0 Å². The Balaban J connectivity index is 1.94. The third-order valence-electron chi connectivity index (χ3n) is 2.51. The van der Waals surface area contributed by atoms with Crippen molar-refractivity contribution in [1.29, 1.82) is 0 Å². The molecule has 1 fully saturated rings. The molecule has 0 spiro atoms. The minimum atomic E-state index is 0.428. The largest absolute Gasteiger partial charge is 0.489 e. The minimum absolute atomic E-state index is 0.428. The van der Waals surface area contributed by atoms with Gasteiger partial charge in [0.25, 0.3) is 0 Å². The number of benzene rings is 1. The number of thioether (sulfide) groups is 1. The van der Waals surface area contributed by atoms with Gasteiger partial charge in [0.2, 0.25) is 0 Å². The molecule has 0 heterocycles. The molecule has 1 aliphatic carbocycles. The molecule has 1 aliphatic rings. The topological polar surface area (TPSA) is 9.23 Å². The highest BCUT2D eigenvalue weighted by Gasteiger charge is 2.48. The number of para-hydroxylation sites is 1. The molecule has 2 rings (SSSR count). The minimum Gasteiger partial charge on any atom is -0.489 e. The first-order chi connectivity index (χ1) is 6.33. The highest BCUT2D eigenvalue weighted by atomic mass is 32.2. The van der Waals surface area contributed by atoms with Crippen LogP contribution in [-0.2, 0) is 0 Å². The molecule has 0 saturated heterocycles. The Morgan fingerprint density at radius 3 is 2.46 bits per heavy atom. The van der Waals surface area contributed by atoms with E-state index < -0.39 is 0 Å². The zero-order valence-electron chi connectivity index (χ0n) is 7.94. The summed E-state index contributed by atoms with van der Waals surface area (Å²) < 4.78 is 5.82. The SMILES string of the molecule is CSC1C(C)C1Oc1ccccc1. The van der Waals surface area contributed by atoms with Gasteiger partial charge < -0.3 is 4.74 Å². The van der Waals surface area contributed by atoms with Crippen LogP contribution < -0.4 is 4.74 Å². The molecule has 0 amide bonds. The molecule has 1 aromatic rings. The van der Waals surface area contributed by atoms with Crippen molar-refractivity contribution in [3.8, 4) is 5.75 Å². The lowest BCUT2D eigenvalue weighted by molar-refractivity contribution is 0.289. The second kappa shape index (κ2) is 3.62. The smallest absolute Gasteiger partial charge is 0.119 e. The highest BCUT2D eigenvalue weighted by Crippen LogP contribution is 2.43. The molecule has 1 aromatic carbocycles. The quantitative estimate of drug-likeness (QED) is 0.731. The van der Waals surface area contributed by atoms with Crippen LogP contribution in [0.25, 0.3) is 0 Å². The second-order valence-corrected chi connectivity index (χ2v) is 4.47. The summed E-state index contributed by atoms with van der Waals surface area (Å²) in [5.74, 6) is 1.70. The maximum absolute atomic E-state index is 5.82. The predicted molar refractivity (Wildman–Crippen MR) is 57.3 cm³/mol. The normalized spacial score (nSPS) is 31.4. The van der Waals surface area contributed by atoms with E-state index in [0.717, 1.165) is 5.75 Å². The van der Waals surface area contributed by atoms with E-state index in [1.54, 1.807) is 0 Å². The van der Waals surface area contributed by atoms with Crippen LogP contribution in [0.2, 0.25) is 0 Å². The van der Waals surface area contributed by atoms with Gasteiger partial charge in [0.1, 0.15) is 11.9 Å². The summed E-state index contributed by atoms with van der Waals surface area (Å²) in [6.45, 7) is 2.24. The van der Waals surface area contributed by atoms with E-state index in [9.17, 15) is 0 Å². The Kier molecular flexibility index (Phi) is 2.49. The lowest BCUT2D eigenvalue weighted by Gasteiger charge is -2.03. The van der Waals surface area contributed by atoms with Gasteiger partial charge in [-0.1, -0.05) is 25.1 Å². The molecule has 0 bridgehead atoms. The molecule has 13 heavy (non-hydrogen) atoms. The third kappa shape index (κ3) is 1.83. The average molecular weight is 194 g/mol. The number of hydrogen-bond donors (Lipinski definition) is 0. The van der Waals surface area contributed by atoms with Crippen molar-refractivity contribution in [2.75, 3.05) is 6.26 Å². The van der Waals surface area contributed by atoms with Crippen LogP contribution in [0.5, 0.6) is 5.75 Å². The van der Waals surface area contributed by atoms with E-state index >= 15 is 0 Å². The first kappa shape index (κ1) is 8.95. The third-order valence-corrected chi connectivity index (χ3v) is 3.75. The predicted octanol–water partition coefficient (Wildman–Crippen LogP) is 2.82. The fourth-order valence-electron chi connectivity index (χ4n) is 1.57. The van der Waals surface area contributed by atoms with Crippen LogP contribution in [0.4, 0.5) is 0 Å². The number of hydrogen-bond acceptors (Lipinski definition) is 2. The molecule has 3 atom stereocenters. The summed E-state index contributed by atoms with van der Waals surface area (Å²) in [5.41, 5.74) is 0. The molecule has 0 aliphatic heterocycles. The summed E-state index contributed by atoms with van der Waals surface area (Å²) in [6, 6.07) is 10.1. The molecule has 70 valence electrons. The van der Waals surface area contributed by atoms with Gasteiger partial charge in [0.15, 0.2) is 0 Å². The molecular weight excluding hydrogens is 180 g/mol. The van der Waals surface area contributed by atoms with Crippen molar-refractivity contribution >= 4 is 11.8 Å². The van der Waals surface area contributed by atoms with Crippen molar-refractivity contribution in [3.63, 3.8) is 0 Å². The molecule has 3 unspecified atom stereocenters. The number of ether oxygens (including phenoxy) is 1. The van der Waals surface area contributed by atoms with Crippen molar-refractivity contribution in [1.82, 2.24) is 0 Å². The Labute approximate surface area is 83.5 Å². The fraction of sp³-hybridized carbons (Fsp3) is 0.455. The van der Waals surface area contributed by atoms with Crippen LogP contribution >= 0.6 is 11.8 Å². The Bertz CT molecular complexity index is 273. The van der Waals surface area contributed by atoms with Gasteiger partial charge in [0, 0.05) is 11.2 Å². The summed E-state index contributed by atoms with van der Waals surface area (Å²) in [4.78, 5) is 0. The molecular formula is C11H14OS. The summed E-state index contributed by atoms with van der Waals surface area (Å²) in [6.07, 6.45) is 2.58. The average Bonchev–Trinajstić information content (AvgIpc) is 2.78. The summed E-state index contributed by atoms with van der Waals surface area (Å²) in [5, 5.41) is 0.695. The molecule has 0 radical (unpaired) electrons. The maximum Gasteiger partial charge on any atom is 0.119 e. The van der Waals surface area contributed by atoms with E-state index in [0.29, 0.717) is 17.3 Å². The maximum atomic E-state index is 5.82. The van der Waals surface area contributed by atoms with Crippen LogP contribution in [0.3, 0.4) is 0 Å². The van der Waals surface area contributed by atoms with Gasteiger partial charge >= 0.3 is 0 Å². The van der Waals surface area contributed by atoms with Gasteiger partial charge in [0.05, 0.1) is 0 Å². The van der Waals surface area contributed by atoms with E-state index in [1.807, 2.05) is 42.1 Å². The first-order valence-electron chi connectivity index (χ1n) is 4.57. The second-order valence-electron chi connectivity index (χ2n) is 3.45. The van der Waals surface area contributed by atoms with E-state index in [4.69, 9.17) is 4.74 Å². The van der Waals surface area contributed by atoms with Gasteiger partial charge in [-0.3, -0.25) is 0 Å². The molecule has 0 N–H and O–H groups in total. The summed E-state index contributed by atoms with van der Waals surface area (Å²) in [7, 11) is 0. The molecule has 0 aromatic heterocycles. The first-order valence-corrected chi connectivity index (χ1v) is 5.86. The van der Waals surface area contributed by atoms with Gasteiger partial charge in [-0.2, -0.15) is 11.8 Å².